The first-order valence-corrected chi connectivity index (χ1v) is 8.20. The van der Waals surface area contributed by atoms with Gasteiger partial charge in [-0.25, -0.2) is 0 Å². The predicted octanol–water partition coefficient (Wildman–Crippen LogP) is 3.65. The van der Waals surface area contributed by atoms with Crippen molar-refractivity contribution in [3.63, 3.8) is 0 Å². The molecule has 0 aliphatic carbocycles. The topological polar surface area (TPSA) is 65.4 Å². The third-order valence-electron chi connectivity index (χ3n) is 3.85. The molecule has 0 aromatic heterocycles. The predicted molar refractivity (Wildman–Crippen MR) is 99.4 cm³/mol. The van der Waals surface area contributed by atoms with Crippen LogP contribution in [0.1, 0.15) is 11.7 Å². The Hall–Kier alpha value is -2.62. The van der Waals surface area contributed by atoms with E-state index in [9.17, 15) is 10.1 Å². The molecule has 0 spiro atoms. The largest absolute Gasteiger partial charge is 0.497 e. The SMILES string of the molecule is COc1ccc(N2C(S)=C(C#N)C(=O)N[C@H]2c2ccc(Cl)cc2)cc1. The summed E-state index contributed by atoms with van der Waals surface area (Å²) >= 11 is 10.4. The van der Waals surface area contributed by atoms with Crippen LogP contribution in [0.2, 0.25) is 5.02 Å². The summed E-state index contributed by atoms with van der Waals surface area (Å²) in [6.07, 6.45) is -0.511. The number of methoxy groups -OCH3 is 1. The molecule has 0 bridgehead atoms. The summed E-state index contributed by atoms with van der Waals surface area (Å²) in [6.45, 7) is 0. The van der Waals surface area contributed by atoms with Gasteiger partial charge in [0.25, 0.3) is 5.91 Å². The molecule has 2 aromatic rings. The first-order chi connectivity index (χ1) is 12.0. The zero-order chi connectivity index (χ0) is 18.0. The van der Waals surface area contributed by atoms with Crippen molar-refractivity contribution in [1.82, 2.24) is 5.32 Å². The smallest absolute Gasteiger partial charge is 0.266 e. The van der Waals surface area contributed by atoms with Gasteiger partial charge in [0.05, 0.1) is 12.1 Å². The van der Waals surface area contributed by atoms with Crippen LogP contribution >= 0.6 is 24.2 Å². The van der Waals surface area contributed by atoms with E-state index in [1.165, 1.54) is 0 Å². The second-order valence-electron chi connectivity index (χ2n) is 5.31. The number of anilines is 1. The number of hydrogen-bond acceptors (Lipinski definition) is 5. The van der Waals surface area contributed by atoms with Crippen LogP contribution in [0.5, 0.6) is 5.75 Å². The van der Waals surface area contributed by atoms with Gasteiger partial charge in [-0.3, -0.25) is 4.79 Å². The highest BCUT2D eigenvalue weighted by Gasteiger charge is 2.33. The van der Waals surface area contributed by atoms with Gasteiger partial charge in [-0.05, 0) is 42.0 Å². The highest BCUT2D eigenvalue weighted by atomic mass is 35.5. The van der Waals surface area contributed by atoms with Gasteiger partial charge in [-0.1, -0.05) is 23.7 Å². The van der Waals surface area contributed by atoms with E-state index < -0.39 is 12.1 Å². The maximum Gasteiger partial charge on any atom is 0.266 e. The van der Waals surface area contributed by atoms with Crippen molar-refractivity contribution >= 4 is 35.8 Å². The number of nitrogens with one attached hydrogen (secondary N) is 1. The number of amides is 1. The number of carbonyl (C=O) groups is 1. The number of nitrogens with zero attached hydrogens (tertiary/aromatic N) is 2. The molecule has 25 heavy (non-hydrogen) atoms. The van der Waals surface area contributed by atoms with E-state index in [0.717, 1.165) is 11.3 Å². The zero-order valence-electron chi connectivity index (χ0n) is 13.2. The minimum absolute atomic E-state index is 0.0376. The van der Waals surface area contributed by atoms with Crippen LogP contribution in [0.4, 0.5) is 5.69 Å². The van der Waals surface area contributed by atoms with Crippen molar-refractivity contribution in [2.75, 3.05) is 12.0 Å². The van der Waals surface area contributed by atoms with Crippen LogP contribution < -0.4 is 15.0 Å². The van der Waals surface area contributed by atoms with Crippen molar-refractivity contribution in [2.45, 2.75) is 6.17 Å². The van der Waals surface area contributed by atoms with Gasteiger partial charge in [0.2, 0.25) is 0 Å². The van der Waals surface area contributed by atoms with Gasteiger partial charge in [-0.15, -0.1) is 12.6 Å². The van der Waals surface area contributed by atoms with Crippen LogP contribution in [0.25, 0.3) is 0 Å². The second kappa shape index (κ2) is 7.09. The number of halogens is 1. The van der Waals surface area contributed by atoms with Gasteiger partial charge in [-0.2, -0.15) is 5.26 Å². The van der Waals surface area contributed by atoms with Gasteiger partial charge < -0.3 is 15.0 Å². The fraction of sp³-hybridized carbons (Fsp3) is 0.111. The molecular formula is C18H14ClN3O2S. The summed E-state index contributed by atoms with van der Waals surface area (Å²) in [5.41, 5.74) is 1.54. The number of ether oxygens (including phenoxy) is 1. The van der Waals surface area contributed by atoms with E-state index >= 15 is 0 Å². The molecule has 1 aliphatic rings. The van der Waals surface area contributed by atoms with E-state index in [0.29, 0.717) is 10.8 Å². The summed E-state index contributed by atoms with van der Waals surface area (Å²) in [5, 5.41) is 13.0. The molecule has 1 N–H and O–H groups in total. The van der Waals surface area contributed by atoms with E-state index in [4.69, 9.17) is 16.3 Å². The quantitative estimate of drug-likeness (QED) is 0.808. The average molecular weight is 372 g/mol. The zero-order valence-corrected chi connectivity index (χ0v) is 14.9. The van der Waals surface area contributed by atoms with Crippen LogP contribution in [0.3, 0.4) is 0 Å². The Balaban J connectivity index is 2.11. The second-order valence-corrected chi connectivity index (χ2v) is 6.17. The van der Waals surface area contributed by atoms with Crippen LogP contribution in [0, 0.1) is 11.3 Å². The molecule has 0 unspecified atom stereocenters. The van der Waals surface area contributed by atoms with Gasteiger partial charge >= 0.3 is 0 Å². The molecule has 1 amide bonds. The van der Waals surface area contributed by atoms with Gasteiger partial charge in [0.15, 0.2) is 0 Å². The molecule has 7 heteroatoms. The molecule has 126 valence electrons. The molecule has 1 aliphatic heterocycles. The Bertz CT molecular complexity index is 873. The average Bonchev–Trinajstić information content (AvgIpc) is 2.62. The summed E-state index contributed by atoms with van der Waals surface area (Å²) in [6, 6.07) is 16.3. The Labute approximate surface area is 155 Å². The number of hydrogen-bond donors (Lipinski definition) is 2. The number of thiol groups is 1. The van der Waals surface area contributed by atoms with E-state index in [1.807, 2.05) is 30.3 Å². The van der Waals surface area contributed by atoms with Crippen molar-refractivity contribution < 1.29 is 9.53 Å². The lowest BCUT2D eigenvalue weighted by atomic mass is 10.1. The summed E-state index contributed by atoms with van der Waals surface area (Å²) in [5.74, 6) is 0.246. The monoisotopic (exact) mass is 371 g/mol. The lowest BCUT2D eigenvalue weighted by Crippen LogP contribution is -2.46. The molecule has 0 fully saturated rings. The molecule has 1 heterocycles. The van der Waals surface area contributed by atoms with Crippen molar-refractivity contribution in [2.24, 2.45) is 0 Å². The highest BCUT2D eigenvalue weighted by Crippen LogP contribution is 2.36. The first kappa shape index (κ1) is 17.2. The van der Waals surface area contributed by atoms with E-state index in [-0.39, 0.29) is 10.6 Å². The molecule has 1 atom stereocenters. The molecule has 2 aromatic carbocycles. The highest BCUT2D eigenvalue weighted by molar-refractivity contribution is 7.84. The fourth-order valence-electron chi connectivity index (χ4n) is 2.60. The molecule has 5 nitrogen and oxygen atoms in total. The third kappa shape index (κ3) is 3.29. The Morgan fingerprint density at radius 3 is 2.40 bits per heavy atom. The number of benzene rings is 2. The Kier molecular flexibility index (Phi) is 4.88. The maximum atomic E-state index is 12.3. The molecule has 3 rings (SSSR count). The summed E-state index contributed by atoms with van der Waals surface area (Å²) < 4.78 is 5.18. The summed E-state index contributed by atoms with van der Waals surface area (Å²) in [7, 11) is 1.59. The Morgan fingerprint density at radius 2 is 1.84 bits per heavy atom. The Morgan fingerprint density at radius 1 is 1.20 bits per heavy atom. The minimum Gasteiger partial charge on any atom is -0.497 e. The van der Waals surface area contributed by atoms with Gasteiger partial charge in [0.1, 0.15) is 23.6 Å². The minimum atomic E-state index is -0.511. The first-order valence-electron chi connectivity index (χ1n) is 7.38. The van der Waals surface area contributed by atoms with E-state index in [1.54, 1.807) is 36.3 Å². The number of nitriles is 1. The number of rotatable bonds is 3. The molecule has 0 saturated heterocycles. The van der Waals surface area contributed by atoms with Crippen LogP contribution in [0.15, 0.2) is 59.1 Å². The van der Waals surface area contributed by atoms with E-state index in [2.05, 4.69) is 17.9 Å². The lowest BCUT2D eigenvalue weighted by Gasteiger charge is -2.38. The lowest BCUT2D eigenvalue weighted by molar-refractivity contribution is -0.118. The molecule has 0 saturated carbocycles. The maximum absolute atomic E-state index is 12.3. The number of carbonyl (C=O) groups excluding carboxylic acids is 1. The molecule has 0 radical (unpaired) electrons. The van der Waals surface area contributed by atoms with Crippen LogP contribution in [-0.2, 0) is 4.79 Å². The van der Waals surface area contributed by atoms with Crippen molar-refractivity contribution in [3.05, 3.63) is 69.7 Å². The van der Waals surface area contributed by atoms with Crippen molar-refractivity contribution in [1.29, 1.82) is 5.26 Å². The van der Waals surface area contributed by atoms with Gasteiger partial charge in [0, 0.05) is 10.7 Å². The van der Waals surface area contributed by atoms with Crippen molar-refractivity contribution in [3.8, 4) is 11.8 Å². The van der Waals surface area contributed by atoms with Crippen LogP contribution in [-0.4, -0.2) is 13.0 Å². The summed E-state index contributed by atoms with van der Waals surface area (Å²) in [4.78, 5) is 14.0. The fourth-order valence-corrected chi connectivity index (χ4v) is 3.11. The normalized spacial score (nSPS) is 17.1. The standard InChI is InChI=1S/C18H14ClN3O2S/c1-24-14-8-6-13(7-9-14)22-16(11-2-4-12(19)5-3-11)21-17(23)15(10-20)18(22)25/h2-9,16,25H,1H3,(H,21,23)/t16-/m1/s1. The third-order valence-corrected chi connectivity index (χ3v) is 4.54. The molecular weight excluding hydrogens is 358 g/mol.